The second-order valence-corrected chi connectivity index (χ2v) is 12.2. The number of fused-ring (bicyclic) bond motifs is 1. The van der Waals surface area contributed by atoms with E-state index in [4.69, 9.17) is 4.74 Å². The highest BCUT2D eigenvalue weighted by Crippen LogP contribution is 2.34. The van der Waals surface area contributed by atoms with Crippen molar-refractivity contribution in [2.45, 2.75) is 43.5 Å². The summed E-state index contributed by atoms with van der Waals surface area (Å²) in [5.74, 6) is -0.699. The van der Waals surface area contributed by atoms with Crippen molar-refractivity contribution in [1.29, 1.82) is 0 Å². The third kappa shape index (κ3) is 5.99. The monoisotopic (exact) mass is 590 g/mol. The van der Waals surface area contributed by atoms with Gasteiger partial charge < -0.3 is 9.64 Å². The number of benzene rings is 3. The van der Waals surface area contributed by atoms with Crippen LogP contribution in [-0.2, 0) is 40.3 Å². The summed E-state index contributed by atoms with van der Waals surface area (Å²) in [5, 5.41) is 2.33. The van der Waals surface area contributed by atoms with Crippen molar-refractivity contribution in [3.05, 3.63) is 94.8 Å². The Balaban J connectivity index is 1.01. The first-order chi connectivity index (χ1) is 20.4. The van der Waals surface area contributed by atoms with Crippen LogP contribution in [0.25, 0.3) is 0 Å². The van der Waals surface area contributed by atoms with E-state index in [1.807, 2.05) is 22.5 Å². The minimum Gasteiger partial charge on any atom is -0.489 e. The molecule has 11 heteroatoms. The SMILES string of the molecule is O=C1CCC(N2Cc3c(OCc4ccc(CN5CCN(S(=O)c6ccc(F)cc6)CC5)cc4)cccc3C2=O)C(=O)N1. The maximum Gasteiger partial charge on any atom is 0.255 e. The average Bonchev–Trinajstić information content (AvgIpc) is 3.33. The molecule has 0 aliphatic carbocycles. The van der Waals surface area contributed by atoms with Crippen LogP contribution in [0.3, 0.4) is 0 Å². The standard InChI is InChI=1S/C31H31FN4O5S/c32-23-8-10-24(11-9-23)42(40)35-16-14-34(15-17-35)18-21-4-6-22(7-5-21)20-41-28-3-1-2-25-26(28)19-36(31(25)39)27-12-13-29(37)33-30(27)38/h1-11,27H,12-20H2,(H,33,37,38). The van der Waals surface area contributed by atoms with Crippen LogP contribution in [0.2, 0.25) is 0 Å². The van der Waals surface area contributed by atoms with Gasteiger partial charge in [-0.2, -0.15) is 0 Å². The fourth-order valence-electron chi connectivity index (χ4n) is 5.61. The molecule has 218 valence electrons. The van der Waals surface area contributed by atoms with Gasteiger partial charge in [0.2, 0.25) is 11.8 Å². The van der Waals surface area contributed by atoms with Gasteiger partial charge in [-0.1, -0.05) is 30.3 Å². The van der Waals surface area contributed by atoms with Crippen LogP contribution in [0.4, 0.5) is 4.39 Å². The predicted octanol–water partition coefficient (Wildman–Crippen LogP) is 3.01. The predicted molar refractivity (Wildman–Crippen MR) is 153 cm³/mol. The second-order valence-electron chi connectivity index (χ2n) is 10.7. The minimum absolute atomic E-state index is 0.213. The summed E-state index contributed by atoms with van der Waals surface area (Å²) >= 11 is 0. The summed E-state index contributed by atoms with van der Waals surface area (Å²) in [4.78, 5) is 41.4. The molecule has 3 aliphatic heterocycles. The maximum atomic E-state index is 13.2. The fraction of sp³-hybridized carbons (Fsp3) is 0.323. The Morgan fingerprint density at radius 3 is 2.33 bits per heavy atom. The molecule has 2 unspecified atom stereocenters. The molecule has 3 amide bonds. The number of hydrogen-bond acceptors (Lipinski definition) is 6. The lowest BCUT2D eigenvalue weighted by atomic mass is 10.0. The van der Waals surface area contributed by atoms with Gasteiger partial charge in [0.1, 0.15) is 35.2 Å². The maximum absolute atomic E-state index is 13.2. The normalized spacial score (nSPS) is 20.4. The van der Waals surface area contributed by atoms with Crippen molar-refractivity contribution in [3.63, 3.8) is 0 Å². The molecule has 9 nitrogen and oxygen atoms in total. The lowest BCUT2D eigenvalue weighted by molar-refractivity contribution is -0.136. The van der Waals surface area contributed by atoms with E-state index in [2.05, 4.69) is 22.3 Å². The van der Waals surface area contributed by atoms with Crippen LogP contribution in [0.5, 0.6) is 5.75 Å². The molecule has 2 atom stereocenters. The average molecular weight is 591 g/mol. The second kappa shape index (κ2) is 12.1. The van der Waals surface area contributed by atoms with Crippen LogP contribution >= 0.6 is 0 Å². The van der Waals surface area contributed by atoms with Crippen molar-refractivity contribution in [2.75, 3.05) is 26.2 Å². The molecule has 0 bridgehead atoms. The number of ether oxygens (including phenoxy) is 1. The third-order valence-corrected chi connectivity index (χ3v) is 9.45. The van der Waals surface area contributed by atoms with Crippen LogP contribution < -0.4 is 10.1 Å². The summed E-state index contributed by atoms with van der Waals surface area (Å²) in [6.45, 7) is 4.28. The van der Waals surface area contributed by atoms with E-state index in [1.54, 1.807) is 24.3 Å². The number of imide groups is 1. The molecule has 3 aromatic carbocycles. The number of nitrogens with one attached hydrogen (secondary N) is 1. The first-order valence-corrected chi connectivity index (χ1v) is 15.1. The lowest BCUT2D eigenvalue weighted by Crippen LogP contribution is -2.52. The number of rotatable bonds is 8. The minimum atomic E-state index is -1.29. The van der Waals surface area contributed by atoms with Gasteiger partial charge in [0.15, 0.2) is 0 Å². The molecule has 3 heterocycles. The molecule has 0 aromatic heterocycles. The summed E-state index contributed by atoms with van der Waals surface area (Å²) in [6, 6.07) is 18.7. The van der Waals surface area contributed by atoms with Crippen LogP contribution in [0.15, 0.2) is 71.6 Å². The van der Waals surface area contributed by atoms with Gasteiger partial charge in [-0.15, -0.1) is 0 Å². The highest BCUT2D eigenvalue weighted by Gasteiger charge is 2.40. The number of piperidine rings is 1. The van der Waals surface area contributed by atoms with Crippen molar-refractivity contribution in [3.8, 4) is 5.75 Å². The number of carbonyl (C=O) groups excluding carboxylic acids is 3. The Labute approximate surface area is 245 Å². The molecule has 2 saturated heterocycles. The number of piperazine rings is 1. The Kier molecular flexibility index (Phi) is 8.14. The number of hydrogen-bond donors (Lipinski definition) is 1. The smallest absolute Gasteiger partial charge is 0.255 e. The number of carbonyl (C=O) groups is 3. The number of nitrogens with zero attached hydrogens (tertiary/aromatic N) is 3. The van der Waals surface area contributed by atoms with E-state index in [9.17, 15) is 23.0 Å². The zero-order valence-electron chi connectivity index (χ0n) is 23.0. The van der Waals surface area contributed by atoms with E-state index in [1.165, 1.54) is 17.0 Å². The number of halogens is 1. The van der Waals surface area contributed by atoms with Gasteiger partial charge in [0.25, 0.3) is 5.91 Å². The first kappa shape index (κ1) is 28.2. The Morgan fingerprint density at radius 2 is 1.62 bits per heavy atom. The molecule has 3 aromatic rings. The van der Waals surface area contributed by atoms with E-state index in [0.29, 0.717) is 42.3 Å². The molecular formula is C31H31FN4O5S. The zero-order chi connectivity index (χ0) is 29.2. The lowest BCUT2D eigenvalue weighted by Gasteiger charge is -2.33. The van der Waals surface area contributed by atoms with Gasteiger partial charge in [-0.3, -0.25) is 24.6 Å². The fourth-order valence-corrected chi connectivity index (χ4v) is 6.77. The summed E-state index contributed by atoms with van der Waals surface area (Å²) in [7, 11) is -1.29. The van der Waals surface area contributed by atoms with E-state index in [-0.39, 0.29) is 30.6 Å². The third-order valence-electron chi connectivity index (χ3n) is 7.94. The molecular weight excluding hydrogens is 559 g/mol. The van der Waals surface area contributed by atoms with Crippen molar-refractivity contribution >= 4 is 28.7 Å². The summed E-state index contributed by atoms with van der Waals surface area (Å²) < 4.78 is 34.0. The van der Waals surface area contributed by atoms with Crippen molar-refractivity contribution < 1.29 is 27.7 Å². The van der Waals surface area contributed by atoms with Crippen LogP contribution in [-0.4, -0.2) is 68.3 Å². The summed E-state index contributed by atoms with van der Waals surface area (Å²) in [5.41, 5.74) is 3.43. The van der Waals surface area contributed by atoms with Crippen molar-refractivity contribution in [1.82, 2.24) is 19.4 Å². The van der Waals surface area contributed by atoms with Gasteiger partial charge in [0.05, 0.1) is 11.4 Å². The largest absolute Gasteiger partial charge is 0.489 e. The van der Waals surface area contributed by atoms with Gasteiger partial charge in [-0.05, 0) is 53.9 Å². The highest BCUT2D eigenvalue weighted by molar-refractivity contribution is 7.82. The number of amides is 3. The molecule has 42 heavy (non-hydrogen) atoms. The van der Waals surface area contributed by atoms with E-state index in [0.717, 1.165) is 36.3 Å². The van der Waals surface area contributed by atoms with Gasteiger partial charge >= 0.3 is 0 Å². The summed E-state index contributed by atoms with van der Waals surface area (Å²) in [6.07, 6.45) is 0.530. The Morgan fingerprint density at radius 1 is 0.905 bits per heavy atom. The molecule has 1 N–H and O–H groups in total. The van der Waals surface area contributed by atoms with Crippen molar-refractivity contribution in [2.24, 2.45) is 0 Å². The topological polar surface area (TPSA) is 99.3 Å². The Hall–Kier alpha value is -3.93. The van der Waals surface area contributed by atoms with E-state index < -0.39 is 22.9 Å². The molecule has 0 spiro atoms. The van der Waals surface area contributed by atoms with Gasteiger partial charge in [-0.25, -0.2) is 12.9 Å². The van der Waals surface area contributed by atoms with Crippen LogP contribution in [0.1, 0.15) is 39.9 Å². The quantitative estimate of drug-likeness (QED) is 0.405. The zero-order valence-corrected chi connectivity index (χ0v) is 23.8. The highest BCUT2D eigenvalue weighted by atomic mass is 32.2. The molecule has 0 radical (unpaired) electrons. The molecule has 0 saturated carbocycles. The van der Waals surface area contributed by atoms with E-state index >= 15 is 0 Å². The molecule has 2 fully saturated rings. The first-order valence-electron chi connectivity index (χ1n) is 14.0. The Bertz CT molecular complexity index is 1520. The molecule has 3 aliphatic rings. The van der Waals surface area contributed by atoms with Gasteiger partial charge in [0, 0.05) is 50.3 Å². The van der Waals surface area contributed by atoms with Crippen LogP contribution in [0, 0.1) is 5.82 Å². The molecule has 6 rings (SSSR count).